The Morgan fingerprint density at radius 2 is 1.79 bits per heavy atom. The van der Waals surface area contributed by atoms with Gasteiger partial charge in [0.1, 0.15) is 0 Å². The largest absolute Gasteiger partial charge is 0.0879 e. The fourth-order valence-electron chi connectivity index (χ4n) is 3.22. The molecule has 0 heterocycles. The number of fused-ring (bicyclic) bond motifs is 1. The first kappa shape index (κ1) is 12.5. The van der Waals surface area contributed by atoms with E-state index in [1.165, 1.54) is 24.0 Å². The molecule has 0 N–H and O–H groups in total. The molecule has 0 aromatic heterocycles. The summed E-state index contributed by atoms with van der Waals surface area (Å²) in [5.41, 5.74) is 2.97. The van der Waals surface area contributed by atoms with Crippen LogP contribution in [0.4, 0.5) is 0 Å². The van der Waals surface area contributed by atoms with Crippen LogP contribution in [0, 0.1) is 17.8 Å². The van der Waals surface area contributed by atoms with Crippen molar-refractivity contribution in [2.24, 2.45) is 17.8 Å². The first-order chi connectivity index (χ1) is 9.33. The minimum atomic E-state index is 0.616. The van der Waals surface area contributed by atoms with Crippen LogP contribution < -0.4 is 0 Å². The van der Waals surface area contributed by atoms with Gasteiger partial charge in [-0.25, -0.2) is 0 Å². The van der Waals surface area contributed by atoms with Crippen molar-refractivity contribution >= 4 is 0 Å². The van der Waals surface area contributed by atoms with Gasteiger partial charge in [0.2, 0.25) is 0 Å². The first-order valence-corrected chi connectivity index (χ1v) is 7.42. The molecule has 0 amide bonds. The Labute approximate surface area is 116 Å². The van der Waals surface area contributed by atoms with Crippen LogP contribution in [-0.2, 0) is 6.42 Å². The molecule has 0 nitrogen and oxygen atoms in total. The van der Waals surface area contributed by atoms with Gasteiger partial charge in [0, 0.05) is 0 Å². The number of hydrogen-bond acceptors (Lipinski definition) is 0. The number of hydrogen-bond donors (Lipinski definition) is 0. The van der Waals surface area contributed by atoms with Gasteiger partial charge in [-0.3, -0.25) is 0 Å². The maximum atomic E-state index is 2.53. The summed E-state index contributed by atoms with van der Waals surface area (Å²) in [5, 5.41) is 0. The lowest BCUT2D eigenvalue weighted by Gasteiger charge is -2.29. The van der Waals surface area contributed by atoms with E-state index in [2.05, 4.69) is 67.6 Å². The van der Waals surface area contributed by atoms with Crippen molar-refractivity contribution in [2.45, 2.75) is 26.2 Å². The zero-order valence-electron chi connectivity index (χ0n) is 11.6. The predicted octanol–water partition coefficient (Wildman–Crippen LogP) is 4.94. The van der Waals surface area contributed by atoms with E-state index >= 15 is 0 Å². The molecule has 0 spiro atoms. The summed E-state index contributed by atoms with van der Waals surface area (Å²) >= 11 is 0. The minimum absolute atomic E-state index is 0.616. The van der Waals surface area contributed by atoms with Crippen LogP contribution in [-0.4, -0.2) is 0 Å². The normalized spacial score (nSPS) is 26.7. The minimum Gasteiger partial charge on any atom is -0.0879 e. The molecular formula is C19H22. The van der Waals surface area contributed by atoms with Gasteiger partial charge < -0.3 is 0 Å². The molecule has 3 unspecified atom stereocenters. The van der Waals surface area contributed by atoms with Gasteiger partial charge in [-0.1, -0.05) is 67.6 Å². The van der Waals surface area contributed by atoms with Crippen molar-refractivity contribution in [1.29, 1.82) is 0 Å². The fraction of sp³-hybridized carbons (Fsp3) is 0.368. The molecule has 98 valence electrons. The smallest absolute Gasteiger partial charge is 0.0127 e. The van der Waals surface area contributed by atoms with Crippen molar-refractivity contribution < 1.29 is 0 Å². The highest BCUT2D eigenvalue weighted by molar-refractivity contribution is 5.31. The highest BCUT2D eigenvalue weighted by atomic mass is 14.3. The van der Waals surface area contributed by atoms with E-state index in [1.54, 1.807) is 0 Å². The van der Waals surface area contributed by atoms with Crippen LogP contribution in [0.3, 0.4) is 0 Å². The first-order valence-electron chi connectivity index (χ1n) is 7.42. The quantitative estimate of drug-likeness (QED) is 0.666. The molecular weight excluding hydrogens is 228 g/mol. The maximum Gasteiger partial charge on any atom is -0.0127 e. The number of benzene rings is 1. The lowest BCUT2D eigenvalue weighted by Crippen LogP contribution is -2.17. The van der Waals surface area contributed by atoms with Crippen LogP contribution >= 0.6 is 0 Å². The van der Waals surface area contributed by atoms with Crippen LogP contribution in [0.5, 0.6) is 0 Å². The van der Waals surface area contributed by atoms with Gasteiger partial charge in [0.05, 0.1) is 0 Å². The number of rotatable bonds is 3. The number of allylic oxidation sites excluding steroid dienone is 6. The van der Waals surface area contributed by atoms with E-state index in [4.69, 9.17) is 0 Å². The summed E-state index contributed by atoms with van der Waals surface area (Å²) in [5.74, 6) is 2.10. The molecule has 0 aliphatic heterocycles. The Hall–Kier alpha value is -1.56. The summed E-state index contributed by atoms with van der Waals surface area (Å²) in [6.45, 7) is 2.35. The molecule has 19 heavy (non-hydrogen) atoms. The second kappa shape index (κ2) is 5.61. The molecule has 0 saturated carbocycles. The van der Waals surface area contributed by atoms with Crippen LogP contribution in [0.1, 0.15) is 25.3 Å². The lowest BCUT2D eigenvalue weighted by atomic mass is 9.76. The highest BCUT2D eigenvalue weighted by Gasteiger charge is 2.22. The van der Waals surface area contributed by atoms with E-state index in [9.17, 15) is 0 Å². The third-order valence-electron chi connectivity index (χ3n) is 4.43. The summed E-state index contributed by atoms with van der Waals surface area (Å²) in [7, 11) is 0. The molecule has 0 bridgehead atoms. The molecule has 2 aliphatic rings. The second-order valence-electron chi connectivity index (χ2n) is 5.89. The molecule has 0 radical (unpaired) electrons. The van der Waals surface area contributed by atoms with Crippen molar-refractivity contribution in [1.82, 2.24) is 0 Å². The summed E-state index contributed by atoms with van der Waals surface area (Å²) in [4.78, 5) is 0. The average Bonchev–Trinajstić information content (AvgIpc) is 2.48. The Morgan fingerprint density at radius 3 is 2.58 bits per heavy atom. The van der Waals surface area contributed by atoms with Gasteiger partial charge in [0.15, 0.2) is 0 Å². The van der Waals surface area contributed by atoms with Crippen molar-refractivity contribution in [3.8, 4) is 0 Å². The zero-order valence-corrected chi connectivity index (χ0v) is 11.6. The monoisotopic (exact) mass is 250 g/mol. The standard InChI is InChI=1S/C19H22/c1-15(13-16-7-3-2-4-8-16)18-12-11-17-9-5-6-10-19(17)14-18/h2-8,11-12,14-15,17,19H,9-10,13H2,1H3. The van der Waals surface area contributed by atoms with Crippen LogP contribution in [0.15, 0.2) is 66.3 Å². The topological polar surface area (TPSA) is 0 Å². The molecule has 3 atom stereocenters. The third kappa shape index (κ3) is 2.89. The zero-order chi connectivity index (χ0) is 13.1. The molecule has 0 fully saturated rings. The predicted molar refractivity (Wildman–Crippen MR) is 81.9 cm³/mol. The second-order valence-corrected chi connectivity index (χ2v) is 5.89. The van der Waals surface area contributed by atoms with E-state index in [1.807, 2.05) is 0 Å². The van der Waals surface area contributed by atoms with E-state index in [0.29, 0.717) is 5.92 Å². The van der Waals surface area contributed by atoms with Crippen molar-refractivity contribution in [2.75, 3.05) is 0 Å². The Morgan fingerprint density at radius 1 is 1.05 bits per heavy atom. The van der Waals surface area contributed by atoms with Gasteiger partial charge in [-0.15, -0.1) is 0 Å². The molecule has 0 heteroatoms. The van der Waals surface area contributed by atoms with Gasteiger partial charge >= 0.3 is 0 Å². The van der Waals surface area contributed by atoms with Gasteiger partial charge in [-0.05, 0) is 48.2 Å². The lowest BCUT2D eigenvalue weighted by molar-refractivity contribution is 0.451. The summed E-state index contributed by atoms with van der Waals surface area (Å²) in [6.07, 6.45) is 15.6. The van der Waals surface area contributed by atoms with E-state index in [0.717, 1.165) is 18.3 Å². The Balaban J connectivity index is 1.70. The third-order valence-corrected chi connectivity index (χ3v) is 4.43. The highest BCUT2D eigenvalue weighted by Crippen LogP contribution is 2.34. The summed E-state index contributed by atoms with van der Waals surface area (Å²) in [6, 6.07) is 10.8. The molecule has 3 rings (SSSR count). The van der Waals surface area contributed by atoms with Crippen molar-refractivity contribution in [3.05, 3.63) is 71.8 Å². The Kier molecular flexibility index (Phi) is 3.68. The Bertz CT molecular complexity index is 504. The van der Waals surface area contributed by atoms with E-state index < -0.39 is 0 Å². The van der Waals surface area contributed by atoms with Crippen LogP contribution in [0.25, 0.3) is 0 Å². The van der Waals surface area contributed by atoms with Crippen molar-refractivity contribution in [3.63, 3.8) is 0 Å². The molecule has 2 aliphatic carbocycles. The molecule has 1 aromatic carbocycles. The average molecular weight is 250 g/mol. The van der Waals surface area contributed by atoms with Gasteiger partial charge in [0.25, 0.3) is 0 Å². The summed E-state index contributed by atoms with van der Waals surface area (Å²) < 4.78 is 0. The maximum absolute atomic E-state index is 2.53. The fourth-order valence-corrected chi connectivity index (χ4v) is 3.22. The van der Waals surface area contributed by atoms with Gasteiger partial charge in [-0.2, -0.15) is 0 Å². The molecule has 0 saturated heterocycles. The van der Waals surface area contributed by atoms with Crippen LogP contribution in [0.2, 0.25) is 0 Å². The molecule has 1 aromatic rings. The SMILES string of the molecule is CC(Cc1ccccc1)C1=CC2CC=CCC2C=C1. The van der Waals surface area contributed by atoms with E-state index in [-0.39, 0.29) is 0 Å².